The largest absolute Gasteiger partial charge is 0.334 e. The monoisotopic (exact) mass is 378 g/mol. The molecule has 6 heteroatoms. The summed E-state index contributed by atoms with van der Waals surface area (Å²) in [5, 5.41) is 11.7. The lowest BCUT2D eigenvalue weighted by Crippen LogP contribution is -2.41. The number of nitriles is 1. The van der Waals surface area contributed by atoms with E-state index in [1.807, 2.05) is 38.1 Å². The van der Waals surface area contributed by atoms with Gasteiger partial charge in [0.05, 0.1) is 11.6 Å². The molecule has 0 atom stereocenters. The summed E-state index contributed by atoms with van der Waals surface area (Å²) in [6, 6.07) is 16.1. The van der Waals surface area contributed by atoms with Crippen LogP contribution in [0.25, 0.3) is 0 Å². The summed E-state index contributed by atoms with van der Waals surface area (Å²) in [5.41, 5.74) is 8.25. The Morgan fingerprint density at radius 1 is 1.18 bits per heavy atom. The van der Waals surface area contributed by atoms with Gasteiger partial charge in [0, 0.05) is 31.3 Å². The molecule has 2 aromatic carbocycles. The third kappa shape index (κ3) is 5.93. The quantitative estimate of drug-likeness (QED) is 0.773. The molecule has 2 aromatic rings. The summed E-state index contributed by atoms with van der Waals surface area (Å²) < 4.78 is 0. The molecular formula is C22H26N4O2. The van der Waals surface area contributed by atoms with Crippen LogP contribution < -0.4 is 11.1 Å². The Bertz CT molecular complexity index is 882. The lowest BCUT2D eigenvalue weighted by Gasteiger charge is -2.32. The van der Waals surface area contributed by atoms with Gasteiger partial charge in [0.1, 0.15) is 0 Å². The van der Waals surface area contributed by atoms with E-state index in [4.69, 9.17) is 11.0 Å². The molecule has 0 heterocycles. The van der Waals surface area contributed by atoms with Gasteiger partial charge in [-0.25, -0.2) is 0 Å². The molecule has 0 aliphatic carbocycles. The van der Waals surface area contributed by atoms with Gasteiger partial charge in [0.15, 0.2) is 0 Å². The second-order valence-electron chi connectivity index (χ2n) is 7.60. The zero-order valence-electron chi connectivity index (χ0n) is 16.5. The number of amides is 2. The Morgan fingerprint density at radius 3 is 2.43 bits per heavy atom. The van der Waals surface area contributed by atoms with Gasteiger partial charge in [-0.2, -0.15) is 5.26 Å². The van der Waals surface area contributed by atoms with Crippen LogP contribution in [0.15, 0.2) is 48.5 Å². The third-order valence-corrected chi connectivity index (χ3v) is 4.34. The molecule has 2 rings (SSSR count). The normalized spacial score (nSPS) is 10.8. The minimum atomic E-state index is -0.252. The van der Waals surface area contributed by atoms with E-state index in [-0.39, 0.29) is 17.2 Å². The van der Waals surface area contributed by atoms with Gasteiger partial charge < -0.3 is 16.0 Å². The number of benzene rings is 2. The van der Waals surface area contributed by atoms with Gasteiger partial charge in [-0.05, 0) is 53.9 Å². The lowest BCUT2D eigenvalue weighted by atomic mass is 9.92. The van der Waals surface area contributed by atoms with E-state index in [1.54, 1.807) is 29.2 Å². The maximum atomic E-state index is 13.1. The van der Waals surface area contributed by atoms with Gasteiger partial charge in [-0.3, -0.25) is 9.59 Å². The first-order valence-corrected chi connectivity index (χ1v) is 9.10. The van der Waals surface area contributed by atoms with Crippen molar-refractivity contribution in [2.75, 3.05) is 18.4 Å². The highest BCUT2D eigenvalue weighted by atomic mass is 16.2. The highest BCUT2D eigenvalue weighted by Gasteiger charge is 2.25. The van der Waals surface area contributed by atoms with Crippen molar-refractivity contribution in [1.29, 1.82) is 5.26 Å². The summed E-state index contributed by atoms with van der Waals surface area (Å²) in [5.74, 6) is -0.275. The SMILES string of the molecule is CC(=O)Nc1cccc(CN(CC(C)(C)CN)C(=O)c2ccc(C#N)cc2)c1. The smallest absolute Gasteiger partial charge is 0.254 e. The van der Waals surface area contributed by atoms with Gasteiger partial charge in [0.25, 0.3) is 5.91 Å². The van der Waals surface area contributed by atoms with E-state index in [0.29, 0.717) is 36.4 Å². The van der Waals surface area contributed by atoms with Crippen molar-refractivity contribution in [1.82, 2.24) is 4.90 Å². The number of hydrogen-bond acceptors (Lipinski definition) is 4. The molecule has 2 amide bonds. The molecule has 0 saturated carbocycles. The number of hydrogen-bond donors (Lipinski definition) is 2. The molecule has 0 radical (unpaired) electrons. The van der Waals surface area contributed by atoms with Crippen LogP contribution in [0.1, 0.15) is 42.3 Å². The molecule has 0 fully saturated rings. The first-order valence-electron chi connectivity index (χ1n) is 9.10. The van der Waals surface area contributed by atoms with Crippen LogP contribution in [0, 0.1) is 16.7 Å². The van der Waals surface area contributed by atoms with Crippen LogP contribution in [0.3, 0.4) is 0 Å². The maximum absolute atomic E-state index is 13.1. The average Bonchev–Trinajstić information content (AvgIpc) is 2.66. The zero-order valence-corrected chi connectivity index (χ0v) is 16.5. The highest BCUT2D eigenvalue weighted by Crippen LogP contribution is 2.21. The number of carbonyl (C=O) groups excluding carboxylic acids is 2. The maximum Gasteiger partial charge on any atom is 0.254 e. The first-order chi connectivity index (χ1) is 13.2. The predicted octanol–water partition coefficient (Wildman–Crippen LogP) is 3.14. The van der Waals surface area contributed by atoms with E-state index in [0.717, 1.165) is 5.56 Å². The number of anilines is 1. The fraction of sp³-hybridized carbons (Fsp3) is 0.318. The molecule has 6 nitrogen and oxygen atoms in total. The fourth-order valence-electron chi connectivity index (χ4n) is 2.82. The Hall–Kier alpha value is -3.17. The molecule has 0 unspecified atom stereocenters. The van der Waals surface area contributed by atoms with Crippen molar-refractivity contribution in [2.45, 2.75) is 27.3 Å². The van der Waals surface area contributed by atoms with Crippen molar-refractivity contribution in [2.24, 2.45) is 11.1 Å². The molecule has 0 aliphatic heterocycles. The van der Waals surface area contributed by atoms with Gasteiger partial charge >= 0.3 is 0 Å². The van der Waals surface area contributed by atoms with Crippen LogP contribution >= 0.6 is 0 Å². The minimum Gasteiger partial charge on any atom is -0.334 e. The van der Waals surface area contributed by atoms with Crippen molar-refractivity contribution in [3.63, 3.8) is 0 Å². The molecule has 0 aliphatic rings. The summed E-state index contributed by atoms with van der Waals surface area (Å²) in [4.78, 5) is 26.2. The fourth-order valence-corrected chi connectivity index (χ4v) is 2.82. The number of nitrogens with two attached hydrogens (primary N) is 1. The minimum absolute atomic E-state index is 0.129. The van der Waals surface area contributed by atoms with E-state index >= 15 is 0 Å². The van der Waals surface area contributed by atoms with Crippen LogP contribution in [-0.4, -0.2) is 29.8 Å². The van der Waals surface area contributed by atoms with Gasteiger partial charge in [-0.15, -0.1) is 0 Å². The molecular weight excluding hydrogens is 352 g/mol. The first kappa shape index (κ1) is 21.1. The average molecular weight is 378 g/mol. The summed E-state index contributed by atoms with van der Waals surface area (Å²) >= 11 is 0. The summed E-state index contributed by atoms with van der Waals surface area (Å²) in [6.45, 7) is 6.79. The van der Waals surface area contributed by atoms with Crippen molar-refractivity contribution >= 4 is 17.5 Å². The standard InChI is InChI=1S/C22H26N4O2/c1-16(27)25-20-6-4-5-18(11-20)13-26(15-22(2,3)14-24)21(28)19-9-7-17(12-23)8-10-19/h4-11H,13-15,24H2,1-3H3,(H,25,27). The number of rotatable bonds is 7. The van der Waals surface area contributed by atoms with E-state index in [2.05, 4.69) is 11.4 Å². The van der Waals surface area contributed by atoms with Gasteiger partial charge in [0.2, 0.25) is 5.91 Å². The van der Waals surface area contributed by atoms with Crippen molar-refractivity contribution in [3.8, 4) is 6.07 Å². The molecule has 0 spiro atoms. The molecule has 0 bridgehead atoms. The Balaban J connectivity index is 2.29. The van der Waals surface area contributed by atoms with E-state index < -0.39 is 0 Å². The molecule has 28 heavy (non-hydrogen) atoms. The molecule has 3 N–H and O–H groups in total. The summed E-state index contributed by atoms with van der Waals surface area (Å²) in [7, 11) is 0. The van der Waals surface area contributed by atoms with Crippen LogP contribution in [0.5, 0.6) is 0 Å². The highest BCUT2D eigenvalue weighted by molar-refractivity contribution is 5.94. The third-order valence-electron chi connectivity index (χ3n) is 4.34. The second kappa shape index (κ2) is 9.16. The number of nitrogens with one attached hydrogen (secondary N) is 1. The van der Waals surface area contributed by atoms with Crippen molar-refractivity contribution in [3.05, 3.63) is 65.2 Å². The predicted molar refractivity (Wildman–Crippen MR) is 109 cm³/mol. The van der Waals surface area contributed by atoms with Crippen LogP contribution in [0.2, 0.25) is 0 Å². The molecule has 146 valence electrons. The van der Waals surface area contributed by atoms with E-state index in [1.165, 1.54) is 6.92 Å². The number of carbonyl (C=O) groups is 2. The number of nitrogens with zero attached hydrogens (tertiary/aromatic N) is 2. The Morgan fingerprint density at radius 2 is 1.86 bits per heavy atom. The lowest BCUT2D eigenvalue weighted by molar-refractivity contribution is -0.114. The zero-order chi connectivity index (χ0) is 20.7. The molecule has 0 aromatic heterocycles. The van der Waals surface area contributed by atoms with Crippen molar-refractivity contribution < 1.29 is 9.59 Å². The topological polar surface area (TPSA) is 99.2 Å². The Labute approximate surface area is 166 Å². The van der Waals surface area contributed by atoms with E-state index in [9.17, 15) is 9.59 Å². The van der Waals surface area contributed by atoms with Gasteiger partial charge in [-0.1, -0.05) is 26.0 Å². The molecule has 0 saturated heterocycles. The Kier molecular flexibility index (Phi) is 6.91. The summed E-state index contributed by atoms with van der Waals surface area (Å²) in [6.07, 6.45) is 0. The van der Waals surface area contributed by atoms with Crippen LogP contribution in [0.4, 0.5) is 5.69 Å². The second-order valence-corrected chi connectivity index (χ2v) is 7.60. The van der Waals surface area contributed by atoms with Crippen LogP contribution in [-0.2, 0) is 11.3 Å².